The summed E-state index contributed by atoms with van der Waals surface area (Å²) in [6.07, 6.45) is -1.23. The standard InChI is InChI=1S/C20H18F3N7O3S/c1-29-10-2-3-18(29)27-34(32,33)15-7-5-14(6-8-15)25-19(31)16-12-30(28-26-16)17-9-4-13(11-24-17)20(21,22)23/h4-9,11-12H,2-3,10H2,1H3,(H,25,31)/b27-18-. The van der Waals surface area contributed by atoms with Crippen LogP contribution in [-0.4, -0.2) is 58.6 Å². The fourth-order valence-corrected chi connectivity index (χ4v) is 4.27. The van der Waals surface area contributed by atoms with Crippen LogP contribution in [0, 0.1) is 0 Å². The van der Waals surface area contributed by atoms with Crippen molar-refractivity contribution in [3.63, 3.8) is 0 Å². The number of hydrogen-bond donors (Lipinski definition) is 1. The number of anilines is 1. The molecule has 0 bridgehead atoms. The Labute approximate surface area is 192 Å². The first-order valence-electron chi connectivity index (χ1n) is 9.95. The number of halogens is 3. The van der Waals surface area contributed by atoms with E-state index in [9.17, 15) is 26.4 Å². The van der Waals surface area contributed by atoms with Crippen LogP contribution in [0.4, 0.5) is 18.9 Å². The summed E-state index contributed by atoms with van der Waals surface area (Å²) in [7, 11) is -2.10. The fraction of sp³-hybridized carbons (Fsp3) is 0.250. The molecule has 2 aromatic heterocycles. The number of rotatable bonds is 5. The van der Waals surface area contributed by atoms with Crippen molar-refractivity contribution in [1.29, 1.82) is 0 Å². The number of hydrogen-bond acceptors (Lipinski definition) is 6. The number of alkyl halides is 3. The number of nitrogens with zero attached hydrogens (tertiary/aromatic N) is 6. The largest absolute Gasteiger partial charge is 0.417 e. The number of likely N-dealkylation sites (tertiary alicyclic amines) is 1. The van der Waals surface area contributed by atoms with E-state index in [0.29, 0.717) is 24.1 Å². The number of pyridine rings is 1. The van der Waals surface area contributed by atoms with Crippen LogP contribution in [0.2, 0.25) is 0 Å². The van der Waals surface area contributed by atoms with Gasteiger partial charge in [0.1, 0.15) is 5.84 Å². The van der Waals surface area contributed by atoms with Crippen LogP contribution in [0.5, 0.6) is 0 Å². The van der Waals surface area contributed by atoms with Gasteiger partial charge in [-0.1, -0.05) is 5.21 Å². The molecule has 178 valence electrons. The summed E-state index contributed by atoms with van der Waals surface area (Å²) < 4.78 is 68.0. The maximum absolute atomic E-state index is 12.7. The number of carbonyl (C=O) groups is 1. The number of nitrogens with one attached hydrogen (secondary N) is 1. The third-order valence-electron chi connectivity index (χ3n) is 5.01. The van der Waals surface area contributed by atoms with Gasteiger partial charge >= 0.3 is 6.18 Å². The van der Waals surface area contributed by atoms with E-state index in [0.717, 1.165) is 29.8 Å². The zero-order valence-corrected chi connectivity index (χ0v) is 18.5. The molecule has 10 nitrogen and oxygen atoms in total. The van der Waals surface area contributed by atoms with Gasteiger partial charge in [0.15, 0.2) is 11.5 Å². The van der Waals surface area contributed by atoms with Gasteiger partial charge in [-0.15, -0.1) is 9.50 Å². The van der Waals surface area contributed by atoms with Gasteiger partial charge in [0, 0.05) is 31.9 Å². The lowest BCUT2D eigenvalue weighted by Gasteiger charge is -2.11. The Bertz CT molecular complexity index is 1330. The summed E-state index contributed by atoms with van der Waals surface area (Å²) in [6.45, 7) is 0.749. The Morgan fingerprint density at radius 1 is 1.15 bits per heavy atom. The highest BCUT2D eigenvalue weighted by Crippen LogP contribution is 2.28. The molecule has 0 unspecified atom stereocenters. The highest BCUT2D eigenvalue weighted by molar-refractivity contribution is 7.90. The summed E-state index contributed by atoms with van der Waals surface area (Å²) in [5.41, 5.74) is -0.729. The van der Waals surface area contributed by atoms with Crippen molar-refractivity contribution in [2.24, 2.45) is 4.40 Å². The molecule has 0 spiro atoms. The highest BCUT2D eigenvalue weighted by atomic mass is 32.2. The summed E-state index contributed by atoms with van der Waals surface area (Å²) in [5.74, 6) is -0.103. The zero-order valence-electron chi connectivity index (χ0n) is 17.7. The second-order valence-electron chi connectivity index (χ2n) is 7.44. The van der Waals surface area contributed by atoms with Crippen LogP contribution < -0.4 is 5.32 Å². The zero-order chi connectivity index (χ0) is 24.5. The Morgan fingerprint density at radius 2 is 1.88 bits per heavy atom. The van der Waals surface area contributed by atoms with E-state index < -0.39 is 27.7 Å². The van der Waals surface area contributed by atoms with Crippen LogP contribution in [0.25, 0.3) is 5.82 Å². The van der Waals surface area contributed by atoms with Crippen molar-refractivity contribution >= 4 is 27.5 Å². The smallest absolute Gasteiger partial charge is 0.362 e. The topological polar surface area (TPSA) is 122 Å². The number of amides is 1. The summed E-state index contributed by atoms with van der Waals surface area (Å²) >= 11 is 0. The number of carbonyl (C=O) groups excluding carboxylic acids is 1. The van der Waals surface area contributed by atoms with Crippen LogP contribution in [0.3, 0.4) is 0 Å². The summed E-state index contributed by atoms with van der Waals surface area (Å²) in [6, 6.07) is 7.41. The monoisotopic (exact) mass is 493 g/mol. The van der Waals surface area contributed by atoms with E-state index in [-0.39, 0.29) is 16.4 Å². The fourth-order valence-electron chi connectivity index (χ4n) is 3.18. The second kappa shape index (κ2) is 8.85. The maximum atomic E-state index is 12.7. The Hall–Kier alpha value is -3.81. The van der Waals surface area contributed by atoms with Crippen LogP contribution in [0.1, 0.15) is 28.9 Å². The SMILES string of the molecule is CN1CCC/C1=N/S(=O)(=O)c1ccc(NC(=O)c2cn(-c3ccc(C(F)(F)F)cn3)nn2)cc1. The maximum Gasteiger partial charge on any atom is 0.417 e. The first kappa shape index (κ1) is 23.4. The molecule has 3 aromatic rings. The van der Waals surface area contributed by atoms with Crippen molar-refractivity contribution < 1.29 is 26.4 Å². The highest BCUT2D eigenvalue weighted by Gasteiger charge is 2.30. The van der Waals surface area contributed by atoms with E-state index in [1.54, 1.807) is 11.9 Å². The molecule has 1 aliphatic heterocycles. The van der Waals surface area contributed by atoms with E-state index in [2.05, 4.69) is 25.0 Å². The predicted molar refractivity (Wildman–Crippen MR) is 115 cm³/mol. The second-order valence-corrected chi connectivity index (χ2v) is 9.04. The van der Waals surface area contributed by atoms with E-state index >= 15 is 0 Å². The van der Waals surface area contributed by atoms with E-state index in [1.807, 2.05) is 0 Å². The van der Waals surface area contributed by atoms with Crippen LogP contribution in [-0.2, 0) is 16.2 Å². The number of sulfonamides is 1. The lowest BCUT2D eigenvalue weighted by Crippen LogP contribution is -2.20. The average molecular weight is 493 g/mol. The molecule has 0 radical (unpaired) electrons. The Morgan fingerprint density at radius 3 is 2.47 bits per heavy atom. The molecule has 1 aromatic carbocycles. The van der Waals surface area contributed by atoms with Crippen molar-refractivity contribution in [2.75, 3.05) is 18.9 Å². The molecule has 0 atom stereocenters. The third kappa shape index (κ3) is 5.06. The molecular weight excluding hydrogens is 475 g/mol. The minimum atomic E-state index is -4.52. The molecule has 14 heteroatoms. The van der Waals surface area contributed by atoms with Crippen molar-refractivity contribution in [3.8, 4) is 5.82 Å². The van der Waals surface area contributed by atoms with Crippen LogP contribution >= 0.6 is 0 Å². The number of benzene rings is 1. The van der Waals surface area contributed by atoms with Gasteiger partial charge < -0.3 is 10.2 Å². The van der Waals surface area contributed by atoms with Gasteiger partial charge in [0.05, 0.1) is 16.7 Å². The molecule has 34 heavy (non-hydrogen) atoms. The molecule has 3 heterocycles. The third-order valence-corrected chi connectivity index (χ3v) is 6.33. The van der Waals surface area contributed by atoms with Crippen molar-refractivity contribution in [3.05, 3.63) is 60.0 Å². The molecule has 1 fully saturated rings. The van der Waals surface area contributed by atoms with Gasteiger partial charge in [0.25, 0.3) is 15.9 Å². The normalized spacial score (nSPS) is 15.6. The molecule has 1 amide bonds. The number of aromatic nitrogens is 4. The van der Waals surface area contributed by atoms with Gasteiger partial charge in [-0.25, -0.2) is 9.67 Å². The first-order valence-corrected chi connectivity index (χ1v) is 11.4. The van der Waals surface area contributed by atoms with E-state index in [1.165, 1.54) is 30.5 Å². The Kier molecular flexibility index (Phi) is 6.08. The quantitative estimate of drug-likeness (QED) is 0.580. The molecular formula is C20H18F3N7O3S. The minimum absolute atomic E-state index is 0.0161. The first-order chi connectivity index (χ1) is 16.0. The summed E-state index contributed by atoms with van der Waals surface area (Å²) in [5, 5.41) is 9.96. The molecule has 1 N–H and O–H groups in total. The summed E-state index contributed by atoms with van der Waals surface area (Å²) in [4.78, 5) is 17.9. The predicted octanol–water partition coefficient (Wildman–Crippen LogP) is 2.75. The molecule has 4 rings (SSSR count). The van der Waals surface area contributed by atoms with Crippen LogP contribution in [0.15, 0.2) is 58.1 Å². The minimum Gasteiger partial charge on any atom is -0.362 e. The van der Waals surface area contributed by atoms with Gasteiger partial charge in [-0.3, -0.25) is 4.79 Å². The van der Waals surface area contributed by atoms with Gasteiger partial charge in [0.2, 0.25) is 0 Å². The number of amidine groups is 1. The van der Waals surface area contributed by atoms with Gasteiger partial charge in [-0.05, 0) is 42.8 Å². The van der Waals surface area contributed by atoms with Crippen molar-refractivity contribution in [2.45, 2.75) is 23.9 Å². The molecule has 1 aliphatic rings. The van der Waals surface area contributed by atoms with E-state index in [4.69, 9.17) is 0 Å². The lowest BCUT2D eigenvalue weighted by atomic mass is 10.3. The molecule has 1 saturated heterocycles. The average Bonchev–Trinajstić information content (AvgIpc) is 3.43. The van der Waals surface area contributed by atoms with Gasteiger partial charge in [-0.2, -0.15) is 21.6 Å². The lowest BCUT2D eigenvalue weighted by molar-refractivity contribution is -0.137. The molecule has 0 aliphatic carbocycles. The van der Waals surface area contributed by atoms with Crippen molar-refractivity contribution in [1.82, 2.24) is 24.9 Å². The Balaban J connectivity index is 1.44. The molecule has 0 saturated carbocycles.